The highest BCUT2D eigenvalue weighted by atomic mass is 16.5. The zero-order valence-corrected chi connectivity index (χ0v) is 9.36. The Labute approximate surface area is 96.5 Å². The monoisotopic (exact) mass is 208 g/mol. The van der Waals surface area contributed by atoms with Crippen molar-refractivity contribution in [1.82, 2.24) is 0 Å². The molecule has 0 amide bonds. The predicted molar refractivity (Wildman–Crippen MR) is 67.7 cm³/mol. The van der Waals surface area contributed by atoms with Crippen LogP contribution in [0.5, 0.6) is 5.75 Å². The quantitative estimate of drug-likeness (QED) is 0.584. The van der Waals surface area contributed by atoms with E-state index >= 15 is 0 Å². The molecule has 78 valence electrons. The number of rotatable bonds is 0. The van der Waals surface area contributed by atoms with E-state index in [9.17, 15) is 0 Å². The van der Waals surface area contributed by atoms with E-state index in [1.807, 2.05) is 19.1 Å². The Morgan fingerprint density at radius 2 is 2.06 bits per heavy atom. The molecule has 0 aromatic heterocycles. The predicted octanol–water partition coefficient (Wildman–Crippen LogP) is 1.33. The molecule has 1 nitrogen and oxygen atoms in total. The maximum Gasteiger partial charge on any atom is 0.137 e. The molecular formula is C14H13BO. The van der Waals surface area contributed by atoms with E-state index in [0.717, 1.165) is 24.2 Å². The van der Waals surface area contributed by atoms with Gasteiger partial charge in [-0.3, -0.25) is 0 Å². The van der Waals surface area contributed by atoms with Crippen molar-refractivity contribution in [2.24, 2.45) is 0 Å². The summed E-state index contributed by atoms with van der Waals surface area (Å²) >= 11 is 0. The lowest BCUT2D eigenvalue weighted by atomic mass is 9.81. The van der Waals surface area contributed by atoms with Crippen molar-refractivity contribution in [3.8, 4) is 5.75 Å². The van der Waals surface area contributed by atoms with E-state index in [1.54, 1.807) is 0 Å². The first kappa shape index (κ1) is 9.77. The van der Waals surface area contributed by atoms with Gasteiger partial charge in [-0.05, 0) is 36.3 Å². The summed E-state index contributed by atoms with van der Waals surface area (Å²) in [5, 5.41) is 2.59. The maximum absolute atomic E-state index is 5.94. The van der Waals surface area contributed by atoms with Crippen LogP contribution in [0.4, 0.5) is 0 Å². The summed E-state index contributed by atoms with van der Waals surface area (Å²) in [7, 11) is 5.94. The molecule has 2 aliphatic rings. The molecule has 1 aromatic carbocycles. The molecule has 1 atom stereocenters. The molecule has 1 heterocycles. The lowest BCUT2D eigenvalue weighted by molar-refractivity contribution is 0.224. The second-order valence-electron chi connectivity index (χ2n) is 4.59. The molecule has 2 heteroatoms. The van der Waals surface area contributed by atoms with Gasteiger partial charge in [0.05, 0.1) is 5.50 Å². The van der Waals surface area contributed by atoms with Crippen LogP contribution in [0.3, 0.4) is 0 Å². The highest BCUT2D eigenvalue weighted by molar-refractivity contribution is 6.16. The molecule has 1 aliphatic carbocycles. The Bertz CT molecular complexity index is 581. The number of ether oxygens (including phenoxy) is 1. The van der Waals surface area contributed by atoms with E-state index < -0.39 is 5.50 Å². The maximum atomic E-state index is 5.94. The fourth-order valence-electron chi connectivity index (χ4n) is 2.29. The first-order chi connectivity index (χ1) is 7.66. The smallest absolute Gasteiger partial charge is 0.137 e. The van der Waals surface area contributed by atoms with Crippen LogP contribution < -0.4 is 15.2 Å². The topological polar surface area (TPSA) is 9.23 Å². The van der Waals surface area contributed by atoms with E-state index in [-0.39, 0.29) is 0 Å². The average molecular weight is 208 g/mol. The van der Waals surface area contributed by atoms with Crippen molar-refractivity contribution < 1.29 is 4.74 Å². The lowest BCUT2D eigenvalue weighted by Gasteiger charge is -2.29. The van der Waals surface area contributed by atoms with Crippen LogP contribution in [0.2, 0.25) is 0 Å². The Morgan fingerprint density at radius 1 is 1.25 bits per heavy atom. The van der Waals surface area contributed by atoms with Gasteiger partial charge in [0.1, 0.15) is 13.6 Å². The van der Waals surface area contributed by atoms with Gasteiger partial charge in [0.2, 0.25) is 0 Å². The highest BCUT2D eigenvalue weighted by Gasteiger charge is 2.21. The largest absolute Gasteiger partial charge is 0.493 e. The van der Waals surface area contributed by atoms with Gasteiger partial charge in [0.15, 0.2) is 0 Å². The lowest BCUT2D eigenvalue weighted by Crippen LogP contribution is -2.36. The van der Waals surface area contributed by atoms with Crippen LogP contribution >= 0.6 is 0 Å². The second-order valence-corrected chi connectivity index (χ2v) is 4.59. The molecule has 0 fully saturated rings. The van der Waals surface area contributed by atoms with Crippen LogP contribution in [0.1, 0.15) is 25.3 Å². The molecular weight excluding hydrogens is 195 g/mol. The van der Waals surface area contributed by atoms with Crippen molar-refractivity contribution >= 4 is 26.1 Å². The Kier molecular flexibility index (Phi) is 2.00. The standard InChI is InChI=1S/C14H13BO/c1-14(15)9-8-12-11-5-3-2-4-10(11)6-7-13(12)16-14/h4-9H,2-3H2,1H3. The van der Waals surface area contributed by atoms with Gasteiger partial charge in [-0.15, -0.1) is 0 Å². The number of hydrogen-bond donors (Lipinski definition) is 0. The summed E-state index contributed by atoms with van der Waals surface area (Å²) in [6.07, 6.45) is 10.8. The third-order valence-electron chi connectivity index (χ3n) is 3.07. The Balaban J connectivity index is 2.29. The van der Waals surface area contributed by atoms with Crippen LogP contribution in [0.15, 0.2) is 18.2 Å². The molecule has 0 bridgehead atoms. The summed E-state index contributed by atoms with van der Waals surface area (Å²) in [5.74, 6) is 0.887. The summed E-state index contributed by atoms with van der Waals surface area (Å²) in [5.41, 5.74) is 0.482. The number of fused-ring (bicyclic) bond motifs is 3. The minimum atomic E-state index is -0.681. The zero-order chi connectivity index (χ0) is 11.2. The van der Waals surface area contributed by atoms with Crippen molar-refractivity contribution in [2.75, 3.05) is 0 Å². The van der Waals surface area contributed by atoms with E-state index in [2.05, 4.69) is 24.3 Å². The van der Waals surface area contributed by atoms with Crippen LogP contribution in [0, 0.1) is 0 Å². The van der Waals surface area contributed by atoms with Gasteiger partial charge < -0.3 is 4.74 Å². The summed E-state index contributed by atoms with van der Waals surface area (Å²) in [6.45, 7) is 1.86. The molecule has 0 N–H and O–H groups in total. The first-order valence-corrected chi connectivity index (χ1v) is 5.66. The fraction of sp³-hybridized carbons (Fsp3) is 0.286. The Hall–Kier alpha value is -1.44. The molecule has 16 heavy (non-hydrogen) atoms. The van der Waals surface area contributed by atoms with E-state index in [4.69, 9.17) is 12.6 Å². The van der Waals surface area contributed by atoms with Gasteiger partial charge in [0, 0.05) is 5.56 Å². The van der Waals surface area contributed by atoms with Gasteiger partial charge >= 0.3 is 0 Å². The van der Waals surface area contributed by atoms with Gasteiger partial charge in [-0.2, -0.15) is 0 Å². The molecule has 1 unspecified atom stereocenters. The van der Waals surface area contributed by atoms with Gasteiger partial charge in [0.25, 0.3) is 0 Å². The molecule has 1 aromatic rings. The minimum absolute atomic E-state index is 0.681. The van der Waals surface area contributed by atoms with Crippen molar-refractivity contribution in [1.29, 1.82) is 0 Å². The SMILES string of the molecule is [B]C1(C)C=Cc2c(ccc3c2=CCCC=3)O1. The van der Waals surface area contributed by atoms with Crippen molar-refractivity contribution in [2.45, 2.75) is 25.3 Å². The third kappa shape index (κ3) is 1.49. The number of benzene rings is 1. The zero-order valence-electron chi connectivity index (χ0n) is 9.36. The van der Waals surface area contributed by atoms with Crippen molar-refractivity contribution in [3.63, 3.8) is 0 Å². The van der Waals surface area contributed by atoms with E-state index in [1.165, 1.54) is 10.4 Å². The number of hydrogen-bond acceptors (Lipinski definition) is 1. The van der Waals surface area contributed by atoms with Crippen molar-refractivity contribution in [3.05, 3.63) is 34.2 Å². The average Bonchev–Trinajstić information content (AvgIpc) is 2.27. The molecule has 0 spiro atoms. The summed E-state index contributed by atoms with van der Waals surface area (Å²) < 4.78 is 5.74. The molecule has 2 radical (unpaired) electrons. The molecule has 1 aliphatic heterocycles. The molecule has 0 saturated heterocycles. The Morgan fingerprint density at radius 3 is 2.94 bits per heavy atom. The summed E-state index contributed by atoms with van der Waals surface area (Å²) in [6, 6.07) is 4.12. The highest BCUT2D eigenvalue weighted by Crippen LogP contribution is 2.26. The molecule has 0 saturated carbocycles. The van der Waals surface area contributed by atoms with E-state index in [0.29, 0.717) is 0 Å². The molecule has 3 rings (SSSR count). The van der Waals surface area contributed by atoms with Crippen LogP contribution in [-0.2, 0) is 0 Å². The second kappa shape index (κ2) is 3.28. The fourth-order valence-corrected chi connectivity index (χ4v) is 2.29. The minimum Gasteiger partial charge on any atom is -0.493 e. The van der Waals surface area contributed by atoms with Crippen LogP contribution in [0.25, 0.3) is 18.2 Å². The summed E-state index contributed by atoms with van der Waals surface area (Å²) in [4.78, 5) is 0. The van der Waals surface area contributed by atoms with Gasteiger partial charge in [-0.25, -0.2) is 0 Å². The normalized spacial score (nSPS) is 25.8. The van der Waals surface area contributed by atoms with Gasteiger partial charge in [-0.1, -0.05) is 30.4 Å². The third-order valence-corrected chi connectivity index (χ3v) is 3.07. The van der Waals surface area contributed by atoms with Crippen LogP contribution in [-0.4, -0.2) is 13.3 Å². The first-order valence-electron chi connectivity index (χ1n) is 5.66.